The Labute approximate surface area is 132 Å². The van der Waals surface area contributed by atoms with Crippen LogP contribution in [0.5, 0.6) is 5.75 Å². The van der Waals surface area contributed by atoms with E-state index < -0.39 is 35.6 Å². The van der Waals surface area contributed by atoms with Crippen LogP contribution in [-0.2, 0) is 4.74 Å². The standard InChI is InChI=1S/C14H20N2O7/c1-3-22-8-4-5-9(10(6-8)16(20)21)15-14-13(19)12(18)11(17)7(2)23-14/h4-7,11-15,17-19H,3H2,1-2H3/t7-,11-,12+,13+,14-/m0/s1. The molecule has 0 amide bonds. The second-order valence-electron chi connectivity index (χ2n) is 5.25. The summed E-state index contributed by atoms with van der Waals surface area (Å²) in [5.74, 6) is 0.346. The number of aliphatic hydroxyl groups is 3. The van der Waals surface area contributed by atoms with Crippen LogP contribution in [0.3, 0.4) is 0 Å². The molecule has 128 valence electrons. The average molecular weight is 328 g/mol. The van der Waals surface area contributed by atoms with Crippen LogP contribution in [0.25, 0.3) is 0 Å². The van der Waals surface area contributed by atoms with E-state index in [1.54, 1.807) is 13.0 Å². The molecule has 5 atom stereocenters. The van der Waals surface area contributed by atoms with Gasteiger partial charge in [-0.2, -0.15) is 0 Å². The van der Waals surface area contributed by atoms with Gasteiger partial charge in [-0.1, -0.05) is 0 Å². The van der Waals surface area contributed by atoms with Crippen LogP contribution in [0.15, 0.2) is 18.2 Å². The van der Waals surface area contributed by atoms with E-state index in [9.17, 15) is 25.4 Å². The fourth-order valence-corrected chi connectivity index (χ4v) is 2.36. The highest BCUT2D eigenvalue weighted by Crippen LogP contribution is 2.31. The highest BCUT2D eigenvalue weighted by molar-refractivity contribution is 5.64. The third-order valence-corrected chi connectivity index (χ3v) is 3.63. The molecule has 23 heavy (non-hydrogen) atoms. The van der Waals surface area contributed by atoms with Gasteiger partial charge in [0.15, 0.2) is 6.23 Å². The van der Waals surface area contributed by atoms with Crippen LogP contribution < -0.4 is 10.1 Å². The predicted molar refractivity (Wildman–Crippen MR) is 80.2 cm³/mol. The van der Waals surface area contributed by atoms with Crippen molar-refractivity contribution >= 4 is 11.4 Å². The van der Waals surface area contributed by atoms with Crippen LogP contribution in [0.2, 0.25) is 0 Å². The number of benzene rings is 1. The summed E-state index contributed by atoms with van der Waals surface area (Å²) >= 11 is 0. The summed E-state index contributed by atoms with van der Waals surface area (Å²) < 4.78 is 10.6. The van der Waals surface area contributed by atoms with Gasteiger partial charge in [0.1, 0.15) is 29.7 Å². The molecule has 9 heteroatoms. The van der Waals surface area contributed by atoms with Gasteiger partial charge < -0.3 is 30.1 Å². The fourth-order valence-electron chi connectivity index (χ4n) is 2.36. The number of hydrogen-bond acceptors (Lipinski definition) is 8. The van der Waals surface area contributed by atoms with Crippen LogP contribution >= 0.6 is 0 Å². The molecule has 0 bridgehead atoms. The second kappa shape index (κ2) is 7.09. The Morgan fingerprint density at radius 2 is 2.00 bits per heavy atom. The van der Waals surface area contributed by atoms with Crippen LogP contribution in [-0.4, -0.2) is 57.5 Å². The zero-order valence-corrected chi connectivity index (χ0v) is 12.7. The van der Waals surface area contributed by atoms with Gasteiger partial charge in [-0.05, 0) is 26.0 Å². The Hall–Kier alpha value is -1.94. The van der Waals surface area contributed by atoms with Crippen molar-refractivity contribution in [2.45, 2.75) is 44.5 Å². The Bertz CT molecular complexity index is 568. The van der Waals surface area contributed by atoms with E-state index in [0.29, 0.717) is 12.4 Å². The molecule has 0 unspecified atom stereocenters. The zero-order chi connectivity index (χ0) is 17.1. The summed E-state index contributed by atoms with van der Waals surface area (Å²) in [6.07, 6.45) is -5.93. The molecule has 1 heterocycles. The molecule has 0 aliphatic carbocycles. The van der Waals surface area contributed by atoms with Crippen molar-refractivity contribution in [1.82, 2.24) is 0 Å². The molecule has 1 aliphatic rings. The van der Waals surface area contributed by atoms with E-state index >= 15 is 0 Å². The Kier molecular flexibility index (Phi) is 5.37. The lowest BCUT2D eigenvalue weighted by molar-refractivity contribution is -0.384. The molecule has 2 rings (SSSR count). The van der Waals surface area contributed by atoms with Gasteiger partial charge in [-0.3, -0.25) is 10.1 Å². The van der Waals surface area contributed by atoms with Gasteiger partial charge >= 0.3 is 0 Å². The van der Waals surface area contributed by atoms with E-state index in [1.165, 1.54) is 19.1 Å². The summed E-state index contributed by atoms with van der Waals surface area (Å²) in [6, 6.07) is 4.24. The Morgan fingerprint density at radius 1 is 1.30 bits per heavy atom. The van der Waals surface area contributed by atoms with Gasteiger partial charge in [0.05, 0.1) is 23.7 Å². The number of ether oxygens (including phenoxy) is 2. The van der Waals surface area contributed by atoms with Crippen LogP contribution in [0, 0.1) is 10.1 Å². The number of nitro groups is 1. The Balaban J connectivity index is 2.23. The molecule has 0 spiro atoms. The van der Waals surface area contributed by atoms with Crippen molar-refractivity contribution in [1.29, 1.82) is 0 Å². The van der Waals surface area contributed by atoms with Crippen LogP contribution in [0.1, 0.15) is 13.8 Å². The number of anilines is 1. The highest BCUT2D eigenvalue weighted by Gasteiger charge is 2.42. The maximum absolute atomic E-state index is 11.2. The molecule has 4 N–H and O–H groups in total. The summed E-state index contributed by atoms with van der Waals surface area (Å²) in [4.78, 5) is 10.6. The predicted octanol–water partition coefficient (Wildman–Crippen LogP) is 0.233. The van der Waals surface area contributed by atoms with Gasteiger partial charge in [0.25, 0.3) is 5.69 Å². The first-order valence-electron chi connectivity index (χ1n) is 7.22. The first kappa shape index (κ1) is 17.4. The molecule has 0 aromatic heterocycles. The van der Waals surface area contributed by atoms with Gasteiger partial charge in [0, 0.05) is 0 Å². The molecular formula is C14H20N2O7. The molecule has 1 fully saturated rings. The van der Waals surface area contributed by atoms with Crippen molar-refractivity contribution in [2.24, 2.45) is 0 Å². The number of nitro benzene ring substituents is 1. The monoisotopic (exact) mass is 328 g/mol. The van der Waals surface area contributed by atoms with Crippen molar-refractivity contribution in [3.05, 3.63) is 28.3 Å². The topological polar surface area (TPSA) is 134 Å². The van der Waals surface area contributed by atoms with E-state index in [0.717, 1.165) is 0 Å². The smallest absolute Gasteiger partial charge is 0.296 e. The number of aliphatic hydroxyl groups excluding tert-OH is 3. The highest BCUT2D eigenvalue weighted by atomic mass is 16.6. The summed E-state index contributed by atoms with van der Waals surface area (Å²) in [5, 5.41) is 43.3. The van der Waals surface area contributed by atoms with E-state index in [1.807, 2.05) is 0 Å². The lowest BCUT2D eigenvalue weighted by Crippen LogP contribution is -2.58. The molecule has 1 aromatic rings. The lowest BCUT2D eigenvalue weighted by Gasteiger charge is -2.39. The van der Waals surface area contributed by atoms with E-state index in [-0.39, 0.29) is 11.4 Å². The minimum atomic E-state index is -1.44. The van der Waals surface area contributed by atoms with E-state index in [2.05, 4.69) is 5.32 Å². The number of hydrogen-bond donors (Lipinski definition) is 4. The van der Waals surface area contributed by atoms with Crippen molar-refractivity contribution in [3.63, 3.8) is 0 Å². The third-order valence-electron chi connectivity index (χ3n) is 3.63. The largest absolute Gasteiger partial charge is 0.494 e. The van der Waals surface area contributed by atoms with Crippen molar-refractivity contribution < 1.29 is 29.7 Å². The zero-order valence-electron chi connectivity index (χ0n) is 12.7. The SMILES string of the molecule is CCOc1ccc(N[C@H]2O[C@@H](C)[C@H](O)[C@@H](O)[C@H]2O)c([N+](=O)[O-])c1. The van der Waals surface area contributed by atoms with Gasteiger partial charge in [-0.15, -0.1) is 0 Å². The van der Waals surface area contributed by atoms with Gasteiger partial charge in [0.2, 0.25) is 0 Å². The van der Waals surface area contributed by atoms with Gasteiger partial charge in [-0.25, -0.2) is 0 Å². The fraction of sp³-hybridized carbons (Fsp3) is 0.571. The van der Waals surface area contributed by atoms with Crippen LogP contribution in [0.4, 0.5) is 11.4 Å². The lowest BCUT2D eigenvalue weighted by atomic mass is 9.99. The minimum Gasteiger partial charge on any atom is -0.494 e. The summed E-state index contributed by atoms with van der Waals surface area (Å²) in [6.45, 7) is 3.66. The number of nitrogens with zero attached hydrogens (tertiary/aromatic N) is 1. The van der Waals surface area contributed by atoms with Crippen molar-refractivity contribution in [3.8, 4) is 5.75 Å². The number of rotatable bonds is 5. The first-order valence-corrected chi connectivity index (χ1v) is 7.22. The molecule has 1 saturated heterocycles. The molecular weight excluding hydrogens is 308 g/mol. The normalized spacial score (nSPS) is 30.7. The second-order valence-corrected chi connectivity index (χ2v) is 5.25. The molecule has 1 aromatic carbocycles. The van der Waals surface area contributed by atoms with E-state index in [4.69, 9.17) is 9.47 Å². The number of nitrogens with one attached hydrogen (secondary N) is 1. The molecule has 9 nitrogen and oxygen atoms in total. The Morgan fingerprint density at radius 3 is 2.61 bits per heavy atom. The maximum atomic E-state index is 11.2. The molecule has 0 radical (unpaired) electrons. The minimum absolute atomic E-state index is 0.110. The maximum Gasteiger partial charge on any atom is 0.296 e. The quantitative estimate of drug-likeness (QED) is 0.446. The van der Waals surface area contributed by atoms with Crippen molar-refractivity contribution in [2.75, 3.05) is 11.9 Å². The summed E-state index contributed by atoms with van der Waals surface area (Å²) in [5.41, 5.74) is -0.140. The molecule has 0 saturated carbocycles. The first-order chi connectivity index (χ1) is 10.8. The average Bonchev–Trinajstić information content (AvgIpc) is 2.52. The third kappa shape index (κ3) is 3.70. The summed E-state index contributed by atoms with van der Waals surface area (Å²) in [7, 11) is 0. The molecule has 1 aliphatic heterocycles.